The van der Waals surface area contributed by atoms with Gasteiger partial charge in [0.25, 0.3) is 11.4 Å². The number of carbonyl (C=O) groups excluding carboxylic acids is 4. The van der Waals surface area contributed by atoms with Gasteiger partial charge in [0.2, 0.25) is 5.91 Å². The number of ether oxygens (including phenoxy) is 1. The molecule has 5 rings (SSSR count). The molecule has 0 aromatic heterocycles. The van der Waals surface area contributed by atoms with E-state index in [1.165, 1.54) is 41.3 Å². The lowest BCUT2D eigenvalue weighted by atomic mass is 9.77. The van der Waals surface area contributed by atoms with Gasteiger partial charge in [0.15, 0.2) is 8.32 Å². The molecule has 17 nitrogen and oxygen atoms in total. The van der Waals surface area contributed by atoms with Crippen LogP contribution in [0, 0.1) is 32.1 Å². The lowest BCUT2D eigenvalue weighted by molar-refractivity contribution is -0.385. The fraction of sp³-hybridized carbons (Fsp3) is 0.486. The van der Waals surface area contributed by atoms with Crippen molar-refractivity contribution in [2.24, 2.45) is 11.8 Å². The number of nitrogens with one attached hydrogen (secondary N) is 1. The number of nitrogens with zero attached hydrogens (tertiary/aromatic N) is 4. The number of carbonyl (C=O) groups is 4. The highest BCUT2D eigenvalue weighted by molar-refractivity contribution is 6.73. The molecule has 0 aliphatic carbocycles. The predicted molar refractivity (Wildman–Crippen MR) is 189 cm³/mol. The van der Waals surface area contributed by atoms with Crippen molar-refractivity contribution in [1.82, 2.24) is 15.1 Å². The Labute approximate surface area is 306 Å². The quantitative estimate of drug-likeness (QED) is 0.0274. The first kappa shape index (κ1) is 39.3. The fourth-order valence-corrected chi connectivity index (χ4v) is 10.2. The standard InChI is InChI=1S/C35H43N5O12Si/c1-6-53(7-2,8-3)52-22(5)29-30-21(4)28(31(38(30)32(29)41)35(44)50-33(42)23-9-13-26(14-10-23)39(45)46)19-37-17-25(18-37)36-20-49-51-34(43)24-11-15-27(16-12-24)40(47)48/h9-16,21-22,25,29-30,36H,6-8,17-20H2,1-5H3/t21-,22+,29+,30+/m0/s1. The highest BCUT2D eigenvalue weighted by Crippen LogP contribution is 2.49. The number of benzene rings is 2. The van der Waals surface area contributed by atoms with Crippen LogP contribution in [-0.4, -0.2) is 96.3 Å². The van der Waals surface area contributed by atoms with Gasteiger partial charge in [0.05, 0.1) is 39.0 Å². The zero-order chi connectivity index (χ0) is 38.6. The van der Waals surface area contributed by atoms with Crippen LogP contribution >= 0.6 is 0 Å². The van der Waals surface area contributed by atoms with Crippen molar-refractivity contribution >= 4 is 43.5 Å². The largest absolute Gasteiger partial charge is 0.413 e. The normalized spacial score (nSPS) is 20.7. The zero-order valence-electron chi connectivity index (χ0n) is 30.1. The highest BCUT2D eigenvalue weighted by atomic mass is 28.4. The molecule has 3 heterocycles. The van der Waals surface area contributed by atoms with Crippen LogP contribution in [0.4, 0.5) is 11.4 Å². The van der Waals surface area contributed by atoms with E-state index in [1.807, 2.05) is 18.7 Å². The van der Waals surface area contributed by atoms with Gasteiger partial charge in [-0.25, -0.2) is 14.4 Å². The first-order chi connectivity index (χ1) is 25.2. The molecule has 2 aromatic carbocycles. The number of hydrogen-bond acceptors (Lipinski definition) is 14. The number of hydrogen-bond donors (Lipinski definition) is 1. The Balaban J connectivity index is 1.23. The molecular weight excluding hydrogens is 710 g/mol. The molecule has 0 unspecified atom stereocenters. The van der Waals surface area contributed by atoms with Gasteiger partial charge in [0, 0.05) is 55.9 Å². The number of fused-ring (bicyclic) bond motifs is 1. The maximum atomic E-state index is 13.8. The molecule has 0 saturated carbocycles. The number of esters is 2. The Kier molecular flexibility index (Phi) is 12.2. The van der Waals surface area contributed by atoms with Gasteiger partial charge in [-0.2, -0.15) is 4.89 Å². The van der Waals surface area contributed by atoms with Crippen molar-refractivity contribution in [1.29, 1.82) is 0 Å². The molecule has 2 aromatic rings. The van der Waals surface area contributed by atoms with Crippen molar-refractivity contribution in [3.63, 3.8) is 0 Å². The van der Waals surface area contributed by atoms with E-state index in [4.69, 9.17) is 18.9 Å². The molecule has 2 fully saturated rings. The maximum Gasteiger partial charge on any atom is 0.373 e. The number of nitro benzene ring substituents is 2. The van der Waals surface area contributed by atoms with Crippen LogP contribution in [0.25, 0.3) is 0 Å². The molecule has 0 bridgehead atoms. The highest BCUT2D eigenvalue weighted by Gasteiger charge is 2.61. The van der Waals surface area contributed by atoms with Crippen LogP contribution in [0.1, 0.15) is 55.3 Å². The van der Waals surface area contributed by atoms with Crippen LogP contribution in [0.2, 0.25) is 18.1 Å². The Morgan fingerprint density at radius 2 is 1.42 bits per heavy atom. The van der Waals surface area contributed by atoms with Crippen molar-refractivity contribution in [3.05, 3.63) is 91.2 Å². The first-order valence-corrected chi connectivity index (χ1v) is 20.1. The first-order valence-electron chi connectivity index (χ1n) is 17.5. The molecule has 0 radical (unpaired) electrons. The van der Waals surface area contributed by atoms with Gasteiger partial charge >= 0.3 is 17.9 Å². The van der Waals surface area contributed by atoms with Gasteiger partial charge in [-0.05, 0) is 54.9 Å². The van der Waals surface area contributed by atoms with Crippen molar-refractivity contribution in [3.8, 4) is 0 Å². The molecule has 1 N–H and O–H groups in total. The number of amides is 1. The number of rotatable bonds is 17. The van der Waals surface area contributed by atoms with Crippen LogP contribution in [0.3, 0.4) is 0 Å². The molecule has 284 valence electrons. The number of likely N-dealkylation sites (tertiary alicyclic amines) is 1. The lowest BCUT2D eigenvalue weighted by Crippen LogP contribution is -2.65. The van der Waals surface area contributed by atoms with Gasteiger partial charge in [-0.15, -0.1) is 0 Å². The van der Waals surface area contributed by atoms with E-state index in [0.717, 1.165) is 30.3 Å². The third-order valence-electron chi connectivity index (χ3n) is 10.6. The minimum Gasteiger partial charge on any atom is -0.413 e. The smallest absolute Gasteiger partial charge is 0.373 e. The van der Waals surface area contributed by atoms with E-state index in [-0.39, 0.29) is 64.9 Å². The van der Waals surface area contributed by atoms with Crippen LogP contribution in [-0.2, 0) is 28.5 Å². The molecule has 18 heteroatoms. The fourth-order valence-electron chi connectivity index (χ4n) is 7.28. The van der Waals surface area contributed by atoms with Crippen LogP contribution in [0.15, 0.2) is 59.8 Å². The van der Waals surface area contributed by atoms with E-state index in [2.05, 4.69) is 26.1 Å². The lowest BCUT2D eigenvalue weighted by Gasteiger charge is -2.49. The second-order valence-electron chi connectivity index (χ2n) is 13.5. The minimum atomic E-state index is -2.06. The van der Waals surface area contributed by atoms with E-state index in [0.29, 0.717) is 25.2 Å². The average Bonchev–Trinajstić information content (AvgIpc) is 3.38. The second-order valence-corrected chi connectivity index (χ2v) is 18.2. The van der Waals surface area contributed by atoms with Crippen LogP contribution < -0.4 is 5.32 Å². The molecule has 1 amide bonds. The minimum absolute atomic E-state index is 0.0223. The van der Waals surface area contributed by atoms with E-state index in [9.17, 15) is 39.4 Å². The summed E-state index contributed by atoms with van der Waals surface area (Å²) in [5.74, 6) is -3.79. The van der Waals surface area contributed by atoms with Crippen molar-refractivity contribution in [2.45, 2.75) is 70.9 Å². The summed E-state index contributed by atoms with van der Waals surface area (Å²) in [4.78, 5) is 86.7. The van der Waals surface area contributed by atoms with Gasteiger partial charge in [-0.3, -0.25) is 40.1 Å². The van der Waals surface area contributed by atoms with E-state index < -0.39 is 42.0 Å². The van der Waals surface area contributed by atoms with Crippen molar-refractivity contribution < 1.29 is 48.0 Å². The Morgan fingerprint density at radius 3 is 1.92 bits per heavy atom. The number of non-ortho nitro benzene ring substituents is 2. The van der Waals surface area contributed by atoms with Gasteiger partial charge in [0.1, 0.15) is 12.4 Å². The summed E-state index contributed by atoms with van der Waals surface area (Å²) in [6, 6.07) is 11.9. The van der Waals surface area contributed by atoms with Crippen LogP contribution in [0.5, 0.6) is 0 Å². The molecule has 3 aliphatic heterocycles. The Morgan fingerprint density at radius 1 is 0.887 bits per heavy atom. The summed E-state index contributed by atoms with van der Waals surface area (Å²) in [5, 5.41) is 25.0. The van der Waals surface area contributed by atoms with E-state index in [1.54, 1.807) is 0 Å². The summed E-state index contributed by atoms with van der Waals surface area (Å²) < 4.78 is 12.0. The van der Waals surface area contributed by atoms with Crippen molar-refractivity contribution in [2.75, 3.05) is 26.4 Å². The summed E-state index contributed by atoms with van der Waals surface area (Å²) in [6.07, 6.45) is -0.372. The predicted octanol–water partition coefficient (Wildman–Crippen LogP) is 4.35. The SMILES string of the molecule is CC[Si](CC)(CC)O[C@H](C)[C@H]1C(=O)N2C(C(=O)OC(=O)c3ccc([N+](=O)[O-])cc3)=C(CN3CC(NCOOC(=O)c4ccc([N+](=O)[O-])cc4)C3)[C@H](C)[C@H]12. The average molecular weight is 754 g/mol. The monoisotopic (exact) mass is 753 g/mol. The number of nitro groups is 2. The maximum absolute atomic E-state index is 13.8. The molecular formula is C35H43N5O12Si. The third-order valence-corrected chi connectivity index (χ3v) is 15.3. The number of β-lactam (4-membered cyclic amide) rings is 1. The Hall–Kier alpha value is -4.88. The van der Waals surface area contributed by atoms with Gasteiger partial charge < -0.3 is 14.1 Å². The van der Waals surface area contributed by atoms with E-state index >= 15 is 0 Å². The molecule has 4 atom stereocenters. The second kappa shape index (κ2) is 16.4. The molecule has 2 saturated heterocycles. The summed E-state index contributed by atoms with van der Waals surface area (Å²) in [6.45, 7) is 11.5. The molecule has 53 heavy (non-hydrogen) atoms. The van der Waals surface area contributed by atoms with Gasteiger partial charge in [-0.1, -0.05) is 27.7 Å². The topological polar surface area (TPSA) is 210 Å². The Bertz CT molecular complexity index is 1770. The summed E-state index contributed by atoms with van der Waals surface area (Å²) in [7, 11) is -2.06. The molecule has 3 aliphatic rings. The summed E-state index contributed by atoms with van der Waals surface area (Å²) in [5.41, 5.74) is 0.315. The third kappa shape index (κ3) is 8.20. The summed E-state index contributed by atoms with van der Waals surface area (Å²) >= 11 is 0. The molecule has 0 spiro atoms. The zero-order valence-corrected chi connectivity index (χ0v) is 31.1.